The zero-order valence-corrected chi connectivity index (χ0v) is 31.6. The molecule has 10 atom stereocenters. The first-order valence-electron chi connectivity index (χ1n) is 17.4. The van der Waals surface area contributed by atoms with Crippen LogP contribution in [0.2, 0.25) is 0 Å². The van der Waals surface area contributed by atoms with Gasteiger partial charge in [-0.1, -0.05) is 57.7 Å². The first-order chi connectivity index (χ1) is 24.1. The van der Waals surface area contributed by atoms with Crippen LogP contribution < -0.4 is 0 Å². The lowest BCUT2D eigenvalue weighted by Gasteiger charge is -2.60. The van der Waals surface area contributed by atoms with E-state index in [4.69, 9.17) is 23.7 Å². The van der Waals surface area contributed by atoms with E-state index in [9.17, 15) is 33.9 Å². The molecule has 1 N–H and O–H groups in total. The third-order valence-electron chi connectivity index (χ3n) is 11.0. The quantitative estimate of drug-likeness (QED) is 0.222. The third kappa shape index (κ3) is 7.57. The molecule has 13 nitrogen and oxygen atoms in total. The van der Waals surface area contributed by atoms with Gasteiger partial charge in [0, 0.05) is 52.4 Å². The predicted molar refractivity (Wildman–Crippen MR) is 186 cm³/mol. The number of likely N-dealkylation sites (N-methyl/N-ethyl adjacent to an activating group) is 1. The van der Waals surface area contributed by atoms with E-state index in [1.165, 1.54) is 27.7 Å². The van der Waals surface area contributed by atoms with Gasteiger partial charge in [-0.05, 0) is 48.7 Å². The molecule has 0 spiro atoms. The molecule has 2 bridgehead atoms. The number of nitrogens with zero attached hydrogens (tertiary/aromatic N) is 1. The molecular weight excluding hydrogens is 674 g/mol. The highest BCUT2D eigenvalue weighted by atomic mass is 16.6. The number of carbonyl (C=O) groups excluding carboxylic acids is 6. The monoisotopic (exact) mass is 725 g/mol. The maximum Gasteiger partial charge on any atom is 0.337 e. The van der Waals surface area contributed by atoms with Crippen LogP contribution in [-0.4, -0.2) is 96.4 Å². The van der Waals surface area contributed by atoms with Gasteiger partial charge in [0.05, 0.1) is 11.5 Å². The summed E-state index contributed by atoms with van der Waals surface area (Å²) in [5, 5.41) is 11.4. The second kappa shape index (κ2) is 15.3. The average molecular weight is 726 g/mol. The number of allylic oxidation sites excluding steroid dienone is 1. The minimum atomic E-state index is -1.67. The number of hydrogen-bond donors (Lipinski definition) is 1. The van der Waals surface area contributed by atoms with Gasteiger partial charge < -0.3 is 28.8 Å². The Bertz CT molecular complexity index is 1650. The molecule has 0 saturated heterocycles. The van der Waals surface area contributed by atoms with Gasteiger partial charge >= 0.3 is 29.8 Å². The standard InChI is InChI=1S/C39H51NO12/c1-19-27(45)17-26-34(49-22(4)42)31-20(2)28(52-37(47)33(46)32(40(10)11)25-15-13-12-14-16-25)18-29(48-21(3)41)39(31,9)36(51-24(6)44)35(50-23(5)43)30(19)38(26,7)8/h12-16,26,28-29,31-36,46H,2,17-18H2,1,3-11H3/t26-,28-,29-,31-,32?,33?,34+,35+,36-,39+/m0/s1. The Hall–Kier alpha value is -4.36. The molecule has 0 aromatic heterocycles. The molecule has 1 aromatic rings. The van der Waals surface area contributed by atoms with Crippen molar-refractivity contribution in [1.82, 2.24) is 4.90 Å². The molecular formula is C39H51NO12. The van der Waals surface area contributed by atoms with Gasteiger partial charge in [0.2, 0.25) is 0 Å². The highest BCUT2D eigenvalue weighted by Crippen LogP contribution is 2.61. The number of benzene rings is 1. The summed E-state index contributed by atoms with van der Waals surface area (Å²) in [6.07, 6.45) is -8.33. The van der Waals surface area contributed by atoms with Crippen molar-refractivity contribution in [3.63, 3.8) is 0 Å². The van der Waals surface area contributed by atoms with Crippen LogP contribution in [0.5, 0.6) is 0 Å². The number of ketones is 1. The molecule has 4 rings (SSSR count). The van der Waals surface area contributed by atoms with E-state index in [-0.39, 0.29) is 24.2 Å². The molecule has 0 heterocycles. The zero-order valence-electron chi connectivity index (χ0n) is 31.6. The second-order valence-corrected chi connectivity index (χ2v) is 15.1. The summed E-state index contributed by atoms with van der Waals surface area (Å²) in [5.41, 5.74) is -1.02. The first-order valence-corrected chi connectivity index (χ1v) is 17.4. The summed E-state index contributed by atoms with van der Waals surface area (Å²) in [6.45, 7) is 16.1. The summed E-state index contributed by atoms with van der Waals surface area (Å²) in [5.74, 6) is -6.05. The van der Waals surface area contributed by atoms with Gasteiger partial charge in [-0.3, -0.25) is 28.9 Å². The SMILES string of the molecule is C=C1[C@@H](OC(=O)C(O)C(c2ccccc2)N(C)C)C[C@H](OC(C)=O)[C@@]2(C)[C@@H](OC(C)=O)[C@H](OC(C)=O)C3=C(C)C(=O)C[C@@H]([C@@H](OC(C)=O)[C@H]12)C3(C)C. The summed E-state index contributed by atoms with van der Waals surface area (Å²) in [4.78, 5) is 80.9. The summed E-state index contributed by atoms with van der Waals surface area (Å²) < 4.78 is 30.2. The summed E-state index contributed by atoms with van der Waals surface area (Å²) in [6, 6.07) is 8.12. The summed E-state index contributed by atoms with van der Waals surface area (Å²) in [7, 11) is 3.42. The number of esters is 5. The minimum Gasteiger partial charge on any atom is -0.462 e. The third-order valence-corrected chi connectivity index (χ3v) is 11.0. The van der Waals surface area contributed by atoms with Gasteiger partial charge in [-0.25, -0.2) is 4.79 Å². The molecule has 52 heavy (non-hydrogen) atoms. The van der Waals surface area contributed by atoms with Crippen LogP contribution in [0.25, 0.3) is 0 Å². The average Bonchev–Trinajstić information content (AvgIpc) is 3.02. The molecule has 1 aromatic carbocycles. The van der Waals surface area contributed by atoms with Gasteiger partial charge in [0.15, 0.2) is 24.1 Å². The predicted octanol–water partition coefficient (Wildman–Crippen LogP) is 3.82. The smallest absolute Gasteiger partial charge is 0.337 e. The highest BCUT2D eigenvalue weighted by Gasteiger charge is 2.68. The van der Waals surface area contributed by atoms with Crippen molar-refractivity contribution in [2.45, 2.75) is 111 Å². The zero-order chi connectivity index (χ0) is 39.0. The number of aliphatic hydroxyl groups is 1. The largest absolute Gasteiger partial charge is 0.462 e. The Kier molecular flexibility index (Phi) is 11.9. The van der Waals surface area contributed by atoms with Crippen LogP contribution in [0.4, 0.5) is 0 Å². The van der Waals surface area contributed by atoms with Gasteiger partial charge in [0.1, 0.15) is 18.3 Å². The van der Waals surface area contributed by atoms with E-state index in [0.29, 0.717) is 16.7 Å². The normalized spacial score (nSPS) is 30.9. The first kappa shape index (κ1) is 40.4. The number of Topliss-reactive ketones (excluding diaryl/α,β-unsaturated/α-hetero) is 1. The Morgan fingerprint density at radius 1 is 0.865 bits per heavy atom. The number of ether oxygens (including phenoxy) is 5. The van der Waals surface area contributed by atoms with Crippen LogP contribution in [0.3, 0.4) is 0 Å². The molecule has 284 valence electrons. The maximum atomic E-state index is 13.9. The van der Waals surface area contributed by atoms with Gasteiger partial charge in [0.25, 0.3) is 0 Å². The van der Waals surface area contributed by atoms with Crippen molar-refractivity contribution in [3.05, 3.63) is 59.2 Å². The van der Waals surface area contributed by atoms with Crippen molar-refractivity contribution >= 4 is 35.6 Å². The molecule has 2 unspecified atom stereocenters. The van der Waals surface area contributed by atoms with Gasteiger partial charge in [-0.15, -0.1) is 0 Å². The number of carbonyl (C=O) groups is 6. The lowest BCUT2D eigenvalue weighted by molar-refractivity contribution is -0.229. The summed E-state index contributed by atoms with van der Waals surface area (Å²) >= 11 is 0. The molecule has 13 heteroatoms. The fourth-order valence-electron chi connectivity index (χ4n) is 8.84. The maximum absolute atomic E-state index is 13.9. The van der Waals surface area contributed by atoms with Crippen LogP contribution in [0, 0.1) is 22.7 Å². The second-order valence-electron chi connectivity index (χ2n) is 15.1. The number of fused-ring (bicyclic) bond motifs is 3. The Balaban J connectivity index is 1.97. The molecule has 2 fully saturated rings. The van der Waals surface area contributed by atoms with Crippen molar-refractivity contribution in [3.8, 4) is 0 Å². The van der Waals surface area contributed by atoms with Crippen LogP contribution in [0.1, 0.15) is 79.8 Å². The fourth-order valence-corrected chi connectivity index (χ4v) is 8.84. The molecule has 2 saturated carbocycles. The number of rotatable bonds is 9. The van der Waals surface area contributed by atoms with E-state index in [2.05, 4.69) is 6.58 Å². The molecule has 0 radical (unpaired) electrons. The van der Waals surface area contributed by atoms with E-state index < -0.39 is 95.2 Å². The molecule has 3 aliphatic carbocycles. The Morgan fingerprint density at radius 3 is 1.94 bits per heavy atom. The lowest BCUT2D eigenvalue weighted by atomic mass is 9.48. The van der Waals surface area contributed by atoms with E-state index in [0.717, 1.165) is 0 Å². The van der Waals surface area contributed by atoms with Crippen LogP contribution >= 0.6 is 0 Å². The Labute approximate surface area is 304 Å². The van der Waals surface area contributed by atoms with Crippen molar-refractivity contribution in [1.29, 1.82) is 0 Å². The number of aliphatic hydroxyl groups excluding tert-OH is 1. The van der Waals surface area contributed by atoms with Crippen molar-refractivity contribution < 1.29 is 57.6 Å². The van der Waals surface area contributed by atoms with Crippen molar-refractivity contribution in [2.75, 3.05) is 14.1 Å². The van der Waals surface area contributed by atoms with Gasteiger partial charge in [-0.2, -0.15) is 0 Å². The highest BCUT2D eigenvalue weighted by molar-refractivity contribution is 5.97. The fraction of sp³-hybridized carbons (Fsp3) is 0.590. The molecule has 3 aliphatic rings. The van der Waals surface area contributed by atoms with Crippen LogP contribution in [-0.2, 0) is 52.5 Å². The molecule has 0 aliphatic heterocycles. The number of hydrogen-bond acceptors (Lipinski definition) is 13. The topological polar surface area (TPSA) is 172 Å². The van der Waals surface area contributed by atoms with Crippen LogP contribution in [0.15, 0.2) is 53.6 Å². The van der Waals surface area contributed by atoms with E-state index >= 15 is 0 Å². The van der Waals surface area contributed by atoms with Crippen molar-refractivity contribution in [2.24, 2.45) is 22.7 Å². The Morgan fingerprint density at radius 2 is 1.42 bits per heavy atom. The minimum absolute atomic E-state index is 0.0752. The van der Waals surface area contributed by atoms with E-state index in [1.807, 2.05) is 19.9 Å². The lowest BCUT2D eigenvalue weighted by Crippen LogP contribution is -2.68. The molecule has 0 amide bonds. The van der Waals surface area contributed by atoms with E-state index in [1.54, 1.807) is 57.1 Å².